The first-order valence-electron chi connectivity index (χ1n) is 4.24. The second-order valence-corrected chi connectivity index (χ2v) is 3.76. The fourth-order valence-corrected chi connectivity index (χ4v) is 1.32. The minimum absolute atomic E-state index is 0.217. The maximum Gasteiger partial charge on any atom is 0.122 e. The first-order valence-corrected chi connectivity index (χ1v) is 4.24. The summed E-state index contributed by atoms with van der Waals surface area (Å²) < 4.78 is 30.9. The van der Waals surface area contributed by atoms with Gasteiger partial charge in [0.05, 0.1) is 5.60 Å². The first-order chi connectivity index (χ1) is 5.95. The SMILES string of the molecule is COC(C)(C)C1C=C(F)C=C(F)C1. The average Bonchev–Trinajstić information content (AvgIpc) is 2.02. The molecular formula is C10H14F2O. The molecule has 0 aromatic heterocycles. The van der Waals surface area contributed by atoms with Crippen LogP contribution in [0.5, 0.6) is 0 Å². The monoisotopic (exact) mass is 188 g/mol. The Morgan fingerprint density at radius 2 is 2.08 bits per heavy atom. The molecule has 0 fully saturated rings. The van der Waals surface area contributed by atoms with Crippen molar-refractivity contribution in [2.75, 3.05) is 7.11 Å². The van der Waals surface area contributed by atoms with E-state index in [1.54, 1.807) is 7.11 Å². The summed E-state index contributed by atoms with van der Waals surface area (Å²) in [7, 11) is 1.54. The van der Waals surface area contributed by atoms with E-state index in [-0.39, 0.29) is 12.3 Å². The second kappa shape index (κ2) is 3.58. The molecule has 0 aliphatic heterocycles. The Balaban J connectivity index is 2.81. The molecule has 0 aromatic rings. The van der Waals surface area contributed by atoms with Crippen LogP contribution in [0, 0.1) is 5.92 Å². The van der Waals surface area contributed by atoms with Gasteiger partial charge < -0.3 is 4.74 Å². The van der Waals surface area contributed by atoms with Crippen molar-refractivity contribution in [1.82, 2.24) is 0 Å². The van der Waals surface area contributed by atoms with E-state index >= 15 is 0 Å². The van der Waals surface area contributed by atoms with Gasteiger partial charge in [-0.25, -0.2) is 8.78 Å². The van der Waals surface area contributed by atoms with Gasteiger partial charge >= 0.3 is 0 Å². The summed E-state index contributed by atoms with van der Waals surface area (Å²) in [5.74, 6) is -1.17. The quantitative estimate of drug-likeness (QED) is 0.646. The molecule has 0 bridgehead atoms. The van der Waals surface area contributed by atoms with Crippen LogP contribution in [-0.4, -0.2) is 12.7 Å². The fraction of sp³-hybridized carbons (Fsp3) is 0.600. The number of ether oxygens (including phenoxy) is 1. The van der Waals surface area contributed by atoms with Crippen LogP contribution >= 0.6 is 0 Å². The van der Waals surface area contributed by atoms with E-state index in [0.29, 0.717) is 0 Å². The van der Waals surface area contributed by atoms with Crippen molar-refractivity contribution >= 4 is 0 Å². The van der Waals surface area contributed by atoms with Crippen molar-refractivity contribution in [3.8, 4) is 0 Å². The number of methoxy groups -OCH3 is 1. The lowest BCUT2D eigenvalue weighted by atomic mass is 9.85. The topological polar surface area (TPSA) is 9.23 Å². The number of hydrogen-bond donors (Lipinski definition) is 0. The van der Waals surface area contributed by atoms with Gasteiger partial charge in [-0.3, -0.25) is 0 Å². The van der Waals surface area contributed by atoms with Crippen molar-refractivity contribution in [1.29, 1.82) is 0 Å². The molecule has 0 saturated carbocycles. The maximum absolute atomic E-state index is 12.9. The predicted molar refractivity (Wildman–Crippen MR) is 47.6 cm³/mol. The Kier molecular flexibility index (Phi) is 2.86. The van der Waals surface area contributed by atoms with E-state index in [1.807, 2.05) is 13.8 Å². The van der Waals surface area contributed by atoms with E-state index in [1.165, 1.54) is 6.08 Å². The Bertz CT molecular complexity index is 254. The molecule has 0 amide bonds. The zero-order valence-electron chi connectivity index (χ0n) is 8.10. The van der Waals surface area contributed by atoms with Crippen molar-refractivity contribution in [2.45, 2.75) is 25.9 Å². The van der Waals surface area contributed by atoms with Gasteiger partial charge in [0.1, 0.15) is 11.7 Å². The number of rotatable bonds is 2. The summed E-state index contributed by atoms with van der Waals surface area (Å²) in [6.07, 6.45) is 2.54. The van der Waals surface area contributed by atoms with Crippen LogP contribution in [-0.2, 0) is 4.74 Å². The van der Waals surface area contributed by atoms with Crippen LogP contribution in [0.3, 0.4) is 0 Å². The lowest BCUT2D eigenvalue weighted by Gasteiger charge is -2.31. The van der Waals surface area contributed by atoms with Crippen LogP contribution in [0.15, 0.2) is 23.8 Å². The summed E-state index contributed by atoms with van der Waals surface area (Å²) >= 11 is 0. The number of allylic oxidation sites excluding steroid dienone is 3. The van der Waals surface area contributed by atoms with Crippen LogP contribution < -0.4 is 0 Å². The smallest absolute Gasteiger partial charge is 0.122 e. The lowest BCUT2D eigenvalue weighted by molar-refractivity contribution is -0.0145. The molecule has 1 unspecified atom stereocenters. The normalized spacial score (nSPS) is 23.9. The summed E-state index contributed by atoms with van der Waals surface area (Å²) in [4.78, 5) is 0. The van der Waals surface area contributed by atoms with Gasteiger partial charge in [-0.2, -0.15) is 0 Å². The molecule has 1 nitrogen and oxygen atoms in total. The van der Waals surface area contributed by atoms with Crippen molar-refractivity contribution in [2.24, 2.45) is 5.92 Å². The Morgan fingerprint density at radius 1 is 1.46 bits per heavy atom. The third kappa shape index (κ3) is 2.37. The molecule has 1 aliphatic carbocycles. The third-order valence-corrected chi connectivity index (χ3v) is 2.49. The van der Waals surface area contributed by atoms with Crippen LogP contribution in [0.2, 0.25) is 0 Å². The Labute approximate surface area is 77.1 Å². The van der Waals surface area contributed by atoms with Gasteiger partial charge in [-0.15, -0.1) is 0 Å². The molecule has 0 heterocycles. The molecule has 0 aromatic carbocycles. The summed E-state index contributed by atoms with van der Waals surface area (Å²) in [6.45, 7) is 3.64. The minimum atomic E-state index is -0.525. The molecule has 1 atom stereocenters. The summed E-state index contributed by atoms with van der Waals surface area (Å²) in [5, 5.41) is 0. The fourth-order valence-electron chi connectivity index (χ4n) is 1.32. The van der Waals surface area contributed by atoms with E-state index in [0.717, 1.165) is 6.08 Å². The second-order valence-electron chi connectivity index (χ2n) is 3.76. The van der Waals surface area contributed by atoms with Crippen molar-refractivity contribution in [3.05, 3.63) is 23.8 Å². The number of hydrogen-bond acceptors (Lipinski definition) is 1. The number of halogens is 2. The van der Waals surface area contributed by atoms with Gasteiger partial charge in [-0.1, -0.05) is 0 Å². The highest BCUT2D eigenvalue weighted by atomic mass is 19.1. The highest BCUT2D eigenvalue weighted by Crippen LogP contribution is 2.33. The van der Waals surface area contributed by atoms with Gasteiger partial charge in [0.25, 0.3) is 0 Å². The molecule has 74 valence electrons. The van der Waals surface area contributed by atoms with Crippen molar-refractivity contribution in [3.63, 3.8) is 0 Å². The highest BCUT2D eigenvalue weighted by molar-refractivity contribution is 5.22. The van der Waals surface area contributed by atoms with Crippen molar-refractivity contribution < 1.29 is 13.5 Å². The first kappa shape index (κ1) is 10.4. The highest BCUT2D eigenvalue weighted by Gasteiger charge is 2.30. The third-order valence-electron chi connectivity index (χ3n) is 2.49. The zero-order valence-corrected chi connectivity index (χ0v) is 8.10. The van der Waals surface area contributed by atoms with Crippen LogP contribution in [0.25, 0.3) is 0 Å². The minimum Gasteiger partial charge on any atom is -0.378 e. The average molecular weight is 188 g/mol. The summed E-state index contributed by atoms with van der Waals surface area (Å²) in [5.41, 5.74) is -0.525. The van der Waals surface area contributed by atoms with E-state index in [4.69, 9.17) is 4.74 Å². The standard InChI is InChI=1S/C10H14F2O/c1-10(2,13-3)7-4-8(11)6-9(12)5-7/h4,6-7H,5H2,1-3H3. The van der Waals surface area contributed by atoms with E-state index in [2.05, 4.69) is 0 Å². The molecule has 0 N–H and O–H groups in total. The molecule has 1 rings (SSSR count). The van der Waals surface area contributed by atoms with E-state index < -0.39 is 17.3 Å². The predicted octanol–water partition coefficient (Wildman–Crippen LogP) is 3.14. The molecule has 0 spiro atoms. The Hall–Kier alpha value is -0.700. The van der Waals surface area contributed by atoms with Crippen LogP contribution in [0.4, 0.5) is 8.78 Å². The van der Waals surface area contributed by atoms with E-state index in [9.17, 15) is 8.78 Å². The van der Waals surface area contributed by atoms with Gasteiger partial charge in [-0.05, 0) is 19.9 Å². The van der Waals surface area contributed by atoms with Gasteiger partial charge in [0, 0.05) is 25.5 Å². The zero-order chi connectivity index (χ0) is 10.1. The molecule has 13 heavy (non-hydrogen) atoms. The molecule has 0 radical (unpaired) electrons. The lowest BCUT2D eigenvalue weighted by Crippen LogP contribution is -2.33. The largest absolute Gasteiger partial charge is 0.378 e. The molecule has 3 heteroatoms. The van der Waals surface area contributed by atoms with Crippen LogP contribution in [0.1, 0.15) is 20.3 Å². The maximum atomic E-state index is 12.9. The Morgan fingerprint density at radius 3 is 2.54 bits per heavy atom. The molecule has 0 saturated heterocycles. The summed E-state index contributed by atoms with van der Waals surface area (Å²) in [6, 6.07) is 0. The van der Waals surface area contributed by atoms with Gasteiger partial charge in [0.2, 0.25) is 0 Å². The molecular weight excluding hydrogens is 174 g/mol. The molecule has 1 aliphatic rings. The van der Waals surface area contributed by atoms with Gasteiger partial charge in [0.15, 0.2) is 0 Å².